The normalized spacial score (nSPS) is 15.7. The van der Waals surface area contributed by atoms with Gasteiger partial charge in [-0.15, -0.1) is 0 Å². The van der Waals surface area contributed by atoms with E-state index < -0.39 is 5.92 Å². The van der Waals surface area contributed by atoms with E-state index in [1.54, 1.807) is 7.11 Å². The SMILES string of the molecule is COc1cccc([C@@H](C(=O)NCc2ccccc2)[C@H]2c3ccccc3CCN2c2ccccc2)c1. The molecule has 0 fully saturated rings. The van der Waals surface area contributed by atoms with Crippen LogP contribution in [-0.4, -0.2) is 19.6 Å². The molecular formula is C31H30N2O2. The largest absolute Gasteiger partial charge is 0.497 e. The highest BCUT2D eigenvalue weighted by Crippen LogP contribution is 2.43. The molecule has 4 nitrogen and oxygen atoms in total. The Morgan fingerprint density at radius 3 is 2.40 bits per heavy atom. The summed E-state index contributed by atoms with van der Waals surface area (Å²) < 4.78 is 5.54. The summed E-state index contributed by atoms with van der Waals surface area (Å²) in [6.07, 6.45) is 0.942. The standard InChI is InChI=1S/C31H30N2O2/c1-35-27-17-10-14-25(21-27)29(31(34)32-22-23-11-4-2-5-12-23)30-28-18-9-8-13-24(28)19-20-33(30)26-15-6-3-7-16-26/h2-18,21,29-30H,19-20,22H2,1H3,(H,32,34)/t29-,30-/m1/s1. The number of carbonyl (C=O) groups excluding carboxylic acids is 1. The number of hydrogen-bond acceptors (Lipinski definition) is 3. The summed E-state index contributed by atoms with van der Waals surface area (Å²) in [6, 6.07) is 36.8. The van der Waals surface area contributed by atoms with Crippen molar-refractivity contribution in [2.75, 3.05) is 18.6 Å². The molecular weight excluding hydrogens is 432 g/mol. The Hall–Kier alpha value is -4.05. The van der Waals surface area contributed by atoms with Crippen molar-refractivity contribution >= 4 is 11.6 Å². The molecule has 2 atom stereocenters. The van der Waals surface area contributed by atoms with E-state index in [0.29, 0.717) is 6.54 Å². The Balaban J connectivity index is 1.60. The average molecular weight is 463 g/mol. The highest BCUT2D eigenvalue weighted by atomic mass is 16.5. The van der Waals surface area contributed by atoms with Gasteiger partial charge in [-0.1, -0.05) is 84.9 Å². The van der Waals surface area contributed by atoms with E-state index in [4.69, 9.17) is 4.74 Å². The number of hydrogen-bond donors (Lipinski definition) is 1. The van der Waals surface area contributed by atoms with Crippen molar-refractivity contribution in [2.45, 2.75) is 24.9 Å². The lowest BCUT2D eigenvalue weighted by Gasteiger charge is -2.43. The van der Waals surface area contributed by atoms with Crippen LogP contribution in [0.25, 0.3) is 0 Å². The molecule has 0 unspecified atom stereocenters. The van der Waals surface area contributed by atoms with E-state index in [-0.39, 0.29) is 11.9 Å². The van der Waals surface area contributed by atoms with Crippen LogP contribution >= 0.6 is 0 Å². The van der Waals surface area contributed by atoms with E-state index in [1.165, 1.54) is 11.1 Å². The van der Waals surface area contributed by atoms with Crippen molar-refractivity contribution in [3.05, 3.63) is 131 Å². The van der Waals surface area contributed by atoms with E-state index in [9.17, 15) is 4.79 Å². The highest BCUT2D eigenvalue weighted by molar-refractivity contribution is 5.86. The first-order valence-corrected chi connectivity index (χ1v) is 12.1. The van der Waals surface area contributed by atoms with Gasteiger partial charge in [-0.2, -0.15) is 0 Å². The minimum Gasteiger partial charge on any atom is -0.497 e. The van der Waals surface area contributed by atoms with Crippen LogP contribution < -0.4 is 15.0 Å². The fraction of sp³-hybridized carbons (Fsp3) is 0.194. The number of rotatable bonds is 7. The molecule has 4 aromatic rings. The molecule has 1 aliphatic heterocycles. The molecule has 0 saturated heterocycles. The third-order valence-corrected chi connectivity index (χ3v) is 6.78. The second-order valence-electron chi connectivity index (χ2n) is 8.88. The van der Waals surface area contributed by atoms with Gasteiger partial charge in [0, 0.05) is 18.8 Å². The van der Waals surface area contributed by atoms with E-state index >= 15 is 0 Å². The summed E-state index contributed by atoms with van der Waals surface area (Å²) in [5.74, 6) is 0.332. The summed E-state index contributed by atoms with van der Waals surface area (Å²) in [4.78, 5) is 16.4. The number of nitrogens with one attached hydrogen (secondary N) is 1. The monoisotopic (exact) mass is 462 g/mol. The number of ether oxygens (including phenoxy) is 1. The number of carbonyl (C=O) groups is 1. The lowest BCUT2D eigenvalue weighted by atomic mass is 9.80. The molecule has 0 aliphatic carbocycles. The second kappa shape index (κ2) is 10.5. The fourth-order valence-corrected chi connectivity index (χ4v) is 5.07. The van der Waals surface area contributed by atoms with Gasteiger partial charge in [0.05, 0.1) is 19.1 Å². The maximum Gasteiger partial charge on any atom is 0.230 e. The number of nitrogens with zero attached hydrogens (tertiary/aromatic N) is 1. The van der Waals surface area contributed by atoms with Crippen molar-refractivity contribution < 1.29 is 9.53 Å². The maximum absolute atomic E-state index is 14.0. The minimum atomic E-state index is -0.421. The Morgan fingerprint density at radius 1 is 0.914 bits per heavy atom. The van der Waals surface area contributed by atoms with Crippen LogP contribution in [-0.2, 0) is 17.8 Å². The summed E-state index contributed by atoms with van der Waals surface area (Å²) in [5, 5.41) is 3.23. The maximum atomic E-state index is 14.0. The van der Waals surface area contributed by atoms with Crippen LogP contribution in [0.3, 0.4) is 0 Å². The zero-order chi connectivity index (χ0) is 24.0. The van der Waals surface area contributed by atoms with Gasteiger partial charge in [0.1, 0.15) is 5.75 Å². The van der Waals surface area contributed by atoms with E-state index in [2.05, 4.69) is 58.7 Å². The van der Waals surface area contributed by atoms with Gasteiger partial charge in [0.15, 0.2) is 0 Å². The van der Waals surface area contributed by atoms with Crippen LogP contribution in [0.1, 0.15) is 34.2 Å². The van der Waals surface area contributed by atoms with Crippen molar-refractivity contribution in [3.8, 4) is 5.75 Å². The molecule has 0 radical (unpaired) electrons. The first-order valence-electron chi connectivity index (χ1n) is 12.1. The molecule has 0 aromatic heterocycles. The lowest BCUT2D eigenvalue weighted by molar-refractivity contribution is -0.123. The molecule has 1 aliphatic rings. The van der Waals surface area contributed by atoms with Gasteiger partial charge in [0.2, 0.25) is 5.91 Å². The molecule has 1 heterocycles. The Morgan fingerprint density at radius 2 is 1.63 bits per heavy atom. The van der Waals surface area contributed by atoms with Gasteiger partial charge in [0.25, 0.3) is 0 Å². The molecule has 4 aromatic carbocycles. The van der Waals surface area contributed by atoms with Crippen molar-refractivity contribution in [1.29, 1.82) is 0 Å². The molecule has 1 amide bonds. The third kappa shape index (κ3) is 4.92. The fourth-order valence-electron chi connectivity index (χ4n) is 5.07. The Bertz CT molecular complexity index is 1270. The highest BCUT2D eigenvalue weighted by Gasteiger charge is 2.39. The molecule has 4 heteroatoms. The van der Waals surface area contributed by atoms with Crippen molar-refractivity contribution in [1.82, 2.24) is 5.32 Å². The van der Waals surface area contributed by atoms with E-state index in [0.717, 1.165) is 35.5 Å². The smallest absolute Gasteiger partial charge is 0.230 e. The van der Waals surface area contributed by atoms with E-state index in [1.807, 2.05) is 60.7 Å². The second-order valence-corrected chi connectivity index (χ2v) is 8.88. The third-order valence-electron chi connectivity index (χ3n) is 6.78. The summed E-state index contributed by atoms with van der Waals surface area (Å²) >= 11 is 0. The Kier molecular flexibility index (Phi) is 6.80. The van der Waals surface area contributed by atoms with Gasteiger partial charge in [-0.05, 0) is 52.9 Å². The zero-order valence-electron chi connectivity index (χ0n) is 19.9. The predicted molar refractivity (Wildman–Crippen MR) is 141 cm³/mol. The van der Waals surface area contributed by atoms with Crippen molar-refractivity contribution in [3.63, 3.8) is 0 Å². The van der Waals surface area contributed by atoms with Crippen LogP contribution in [0.2, 0.25) is 0 Å². The average Bonchev–Trinajstić information content (AvgIpc) is 2.93. The predicted octanol–water partition coefficient (Wildman–Crippen LogP) is 5.90. The van der Waals surface area contributed by atoms with Gasteiger partial charge in [-0.25, -0.2) is 0 Å². The van der Waals surface area contributed by atoms with Crippen LogP contribution in [0, 0.1) is 0 Å². The quantitative estimate of drug-likeness (QED) is 0.372. The Labute approximate surface area is 207 Å². The topological polar surface area (TPSA) is 41.6 Å². The summed E-state index contributed by atoms with van der Waals surface area (Å²) in [6.45, 7) is 1.33. The van der Waals surface area contributed by atoms with Gasteiger partial charge >= 0.3 is 0 Å². The van der Waals surface area contributed by atoms with Crippen LogP contribution in [0.15, 0.2) is 109 Å². The number of fused-ring (bicyclic) bond motifs is 1. The molecule has 1 N–H and O–H groups in total. The molecule has 0 bridgehead atoms. The first-order chi connectivity index (χ1) is 17.2. The summed E-state index contributed by atoms with van der Waals surface area (Å²) in [5.41, 5.74) is 5.64. The molecule has 5 rings (SSSR count). The molecule has 0 saturated carbocycles. The first kappa shape index (κ1) is 22.7. The lowest BCUT2D eigenvalue weighted by Crippen LogP contribution is -2.43. The van der Waals surface area contributed by atoms with Gasteiger partial charge < -0.3 is 15.0 Å². The van der Waals surface area contributed by atoms with Crippen molar-refractivity contribution in [2.24, 2.45) is 0 Å². The number of para-hydroxylation sites is 1. The molecule has 35 heavy (non-hydrogen) atoms. The van der Waals surface area contributed by atoms with Crippen LogP contribution in [0.5, 0.6) is 5.75 Å². The molecule has 176 valence electrons. The number of anilines is 1. The minimum absolute atomic E-state index is 0.00439. The van der Waals surface area contributed by atoms with Gasteiger partial charge in [-0.3, -0.25) is 4.79 Å². The number of benzene rings is 4. The summed E-state index contributed by atoms with van der Waals surface area (Å²) in [7, 11) is 1.66. The van der Waals surface area contributed by atoms with Crippen LogP contribution in [0.4, 0.5) is 5.69 Å². The number of amides is 1. The number of methoxy groups -OCH3 is 1. The molecule has 0 spiro atoms. The zero-order valence-corrected chi connectivity index (χ0v) is 19.9.